The van der Waals surface area contributed by atoms with Crippen molar-refractivity contribution in [1.29, 1.82) is 0 Å². The number of amides is 2. The van der Waals surface area contributed by atoms with E-state index in [1.807, 2.05) is 20.0 Å². The molecule has 0 bridgehead atoms. The first-order valence-corrected chi connectivity index (χ1v) is 6.65. The van der Waals surface area contributed by atoms with E-state index in [-0.39, 0.29) is 12.1 Å². The number of urea groups is 1. The van der Waals surface area contributed by atoms with Crippen molar-refractivity contribution in [2.75, 3.05) is 6.54 Å². The van der Waals surface area contributed by atoms with Crippen LogP contribution in [0.5, 0.6) is 0 Å². The van der Waals surface area contributed by atoms with E-state index in [4.69, 9.17) is 0 Å². The van der Waals surface area contributed by atoms with Gasteiger partial charge in [-0.05, 0) is 33.6 Å². The van der Waals surface area contributed by atoms with Crippen molar-refractivity contribution in [3.63, 3.8) is 0 Å². The monoisotopic (exact) mass is 250 g/mol. The van der Waals surface area contributed by atoms with Gasteiger partial charge in [-0.2, -0.15) is 0 Å². The fourth-order valence-electron chi connectivity index (χ4n) is 2.11. The number of nitrogens with zero attached hydrogens (tertiary/aromatic N) is 2. The summed E-state index contributed by atoms with van der Waals surface area (Å²) in [4.78, 5) is 15.9. The third-order valence-corrected chi connectivity index (χ3v) is 3.02. The second-order valence-electron chi connectivity index (χ2n) is 5.22. The number of aryl methyl sites for hydroxylation is 1. The van der Waals surface area contributed by atoms with Crippen LogP contribution in [0.2, 0.25) is 0 Å². The molecule has 5 nitrogen and oxygen atoms in total. The van der Waals surface area contributed by atoms with Crippen molar-refractivity contribution < 1.29 is 4.79 Å². The van der Waals surface area contributed by atoms with E-state index in [9.17, 15) is 4.79 Å². The number of carbonyl (C=O) groups is 1. The number of imidazole rings is 1. The highest BCUT2D eigenvalue weighted by Crippen LogP contribution is 2.36. The quantitative estimate of drug-likeness (QED) is 0.837. The van der Waals surface area contributed by atoms with E-state index in [1.165, 1.54) is 18.5 Å². The Kier molecular flexibility index (Phi) is 3.89. The van der Waals surface area contributed by atoms with Crippen LogP contribution in [0.15, 0.2) is 6.20 Å². The summed E-state index contributed by atoms with van der Waals surface area (Å²) in [5.41, 5.74) is 1.22. The maximum Gasteiger partial charge on any atom is 0.314 e. The predicted molar refractivity (Wildman–Crippen MR) is 70.6 cm³/mol. The van der Waals surface area contributed by atoms with E-state index in [0.29, 0.717) is 12.6 Å². The Hall–Kier alpha value is -1.52. The maximum absolute atomic E-state index is 11.4. The molecule has 1 aliphatic carbocycles. The number of hydrogen-bond donors (Lipinski definition) is 2. The zero-order valence-electron chi connectivity index (χ0n) is 11.4. The molecule has 1 heterocycles. The molecule has 2 N–H and O–H groups in total. The van der Waals surface area contributed by atoms with Gasteiger partial charge in [-0.15, -0.1) is 0 Å². The molecule has 1 aliphatic rings. The summed E-state index contributed by atoms with van der Waals surface area (Å²) in [6.07, 6.45) is 5.22. The van der Waals surface area contributed by atoms with Crippen molar-refractivity contribution in [3.05, 3.63) is 17.7 Å². The van der Waals surface area contributed by atoms with Gasteiger partial charge in [0, 0.05) is 36.9 Å². The van der Waals surface area contributed by atoms with Crippen LogP contribution in [0.25, 0.3) is 0 Å². The lowest BCUT2D eigenvalue weighted by Crippen LogP contribution is -2.40. The van der Waals surface area contributed by atoms with Crippen molar-refractivity contribution in [1.82, 2.24) is 20.2 Å². The van der Waals surface area contributed by atoms with Gasteiger partial charge in [0.25, 0.3) is 0 Å². The molecule has 18 heavy (non-hydrogen) atoms. The van der Waals surface area contributed by atoms with E-state index in [2.05, 4.69) is 27.1 Å². The molecule has 1 aromatic rings. The molecule has 1 fully saturated rings. The van der Waals surface area contributed by atoms with E-state index in [0.717, 1.165) is 12.2 Å². The smallest absolute Gasteiger partial charge is 0.314 e. The molecule has 0 aliphatic heterocycles. The second-order valence-corrected chi connectivity index (χ2v) is 5.22. The minimum atomic E-state index is -0.105. The zero-order chi connectivity index (χ0) is 13.1. The predicted octanol–water partition coefficient (Wildman–Crippen LogP) is 1.78. The molecule has 0 unspecified atom stereocenters. The standard InChI is InChI=1S/C13H22N4O/c1-9(2)16-13(18)14-7-6-12-15-8-10(3)17(12)11-4-5-11/h8-9,11H,4-7H2,1-3H3,(H2,14,16,18). The van der Waals surface area contributed by atoms with Crippen molar-refractivity contribution in [2.45, 2.75) is 52.1 Å². The minimum Gasteiger partial charge on any atom is -0.338 e. The van der Waals surface area contributed by atoms with Gasteiger partial charge in [0.2, 0.25) is 0 Å². The molecule has 0 spiro atoms. The van der Waals surface area contributed by atoms with Crippen LogP contribution in [-0.4, -0.2) is 28.2 Å². The summed E-state index contributed by atoms with van der Waals surface area (Å²) in [6.45, 7) is 6.61. The van der Waals surface area contributed by atoms with Crippen LogP contribution in [-0.2, 0) is 6.42 Å². The summed E-state index contributed by atoms with van der Waals surface area (Å²) < 4.78 is 2.31. The SMILES string of the molecule is Cc1cnc(CCNC(=O)NC(C)C)n1C1CC1. The Labute approximate surface area is 108 Å². The van der Waals surface area contributed by atoms with Crippen LogP contribution in [0.1, 0.15) is 44.2 Å². The molecule has 2 rings (SSSR count). The van der Waals surface area contributed by atoms with Crippen LogP contribution in [0, 0.1) is 6.92 Å². The molecule has 2 amide bonds. The largest absolute Gasteiger partial charge is 0.338 e. The Balaban J connectivity index is 1.81. The molecule has 0 saturated heterocycles. The Bertz CT molecular complexity index is 421. The molecule has 0 radical (unpaired) electrons. The summed E-state index contributed by atoms with van der Waals surface area (Å²) in [6, 6.07) is 0.707. The lowest BCUT2D eigenvalue weighted by atomic mass is 10.3. The molecule has 1 aromatic heterocycles. The number of aromatic nitrogens is 2. The molecule has 0 atom stereocenters. The molecular weight excluding hydrogens is 228 g/mol. The molecule has 1 saturated carbocycles. The first-order valence-electron chi connectivity index (χ1n) is 6.65. The highest BCUT2D eigenvalue weighted by Gasteiger charge is 2.26. The molecule has 0 aromatic carbocycles. The maximum atomic E-state index is 11.4. The molecule has 5 heteroatoms. The summed E-state index contributed by atoms with van der Waals surface area (Å²) in [7, 11) is 0. The van der Waals surface area contributed by atoms with Crippen LogP contribution >= 0.6 is 0 Å². The number of nitrogens with one attached hydrogen (secondary N) is 2. The van der Waals surface area contributed by atoms with Gasteiger partial charge in [0.15, 0.2) is 0 Å². The van der Waals surface area contributed by atoms with Crippen LogP contribution < -0.4 is 10.6 Å². The van der Waals surface area contributed by atoms with Gasteiger partial charge >= 0.3 is 6.03 Å². The van der Waals surface area contributed by atoms with E-state index >= 15 is 0 Å². The van der Waals surface area contributed by atoms with Gasteiger partial charge in [0.1, 0.15) is 5.82 Å². The average Bonchev–Trinajstić information content (AvgIpc) is 3.03. The highest BCUT2D eigenvalue weighted by molar-refractivity contribution is 5.74. The van der Waals surface area contributed by atoms with E-state index < -0.39 is 0 Å². The lowest BCUT2D eigenvalue weighted by Gasteiger charge is -2.11. The van der Waals surface area contributed by atoms with Gasteiger partial charge in [-0.3, -0.25) is 0 Å². The molecular formula is C13H22N4O. The second kappa shape index (κ2) is 5.42. The van der Waals surface area contributed by atoms with E-state index in [1.54, 1.807) is 0 Å². The Morgan fingerprint density at radius 1 is 1.56 bits per heavy atom. The topological polar surface area (TPSA) is 59.0 Å². The summed E-state index contributed by atoms with van der Waals surface area (Å²) in [5, 5.41) is 5.66. The van der Waals surface area contributed by atoms with Crippen molar-refractivity contribution in [2.24, 2.45) is 0 Å². The first-order chi connectivity index (χ1) is 8.58. The number of hydrogen-bond acceptors (Lipinski definition) is 2. The first kappa shape index (κ1) is 12.9. The Morgan fingerprint density at radius 2 is 2.28 bits per heavy atom. The van der Waals surface area contributed by atoms with Crippen molar-refractivity contribution in [3.8, 4) is 0 Å². The number of carbonyl (C=O) groups excluding carboxylic acids is 1. The average molecular weight is 250 g/mol. The van der Waals surface area contributed by atoms with Gasteiger partial charge in [-0.25, -0.2) is 9.78 Å². The molecule has 100 valence electrons. The fourth-order valence-corrected chi connectivity index (χ4v) is 2.11. The Morgan fingerprint density at radius 3 is 2.89 bits per heavy atom. The minimum absolute atomic E-state index is 0.105. The van der Waals surface area contributed by atoms with Gasteiger partial charge in [-0.1, -0.05) is 0 Å². The van der Waals surface area contributed by atoms with Crippen LogP contribution in [0.4, 0.5) is 4.79 Å². The van der Waals surface area contributed by atoms with Gasteiger partial charge in [0.05, 0.1) is 0 Å². The summed E-state index contributed by atoms with van der Waals surface area (Å²) >= 11 is 0. The van der Waals surface area contributed by atoms with Gasteiger partial charge < -0.3 is 15.2 Å². The normalized spacial score (nSPS) is 14.9. The third-order valence-electron chi connectivity index (χ3n) is 3.02. The number of rotatable bonds is 5. The summed E-state index contributed by atoms with van der Waals surface area (Å²) in [5.74, 6) is 1.08. The lowest BCUT2D eigenvalue weighted by molar-refractivity contribution is 0.238. The fraction of sp³-hybridized carbons (Fsp3) is 0.692. The zero-order valence-corrected chi connectivity index (χ0v) is 11.4. The third kappa shape index (κ3) is 3.24. The van der Waals surface area contributed by atoms with Crippen molar-refractivity contribution >= 4 is 6.03 Å². The highest BCUT2D eigenvalue weighted by atomic mass is 16.2. The van der Waals surface area contributed by atoms with Crippen LogP contribution in [0.3, 0.4) is 0 Å².